The molecular formula is C48H29BO2. The van der Waals surface area contributed by atoms with Crippen LogP contribution < -0.4 is 25.9 Å². The van der Waals surface area contributed by atoms with E-state index in [2.05, 4.69) is 170 Å². The summed E-state index contributed by atoms with van der Waals surface area (Å²) in [6.45, 7) is 0.0138. The van der Waals surface area contributed by atoms with Gasteiger partial charge in [-0.25, -0.2) is 0 Å². The van der Waals surface area contributed by atoms with Crippen molar-refractivity contribution in [2.45, 2.75) is 0 Å². The molecule has 3 heteroatoms. The second kappa shape index (κ2) is 11.0. The molecule has 0 N–H and O–H groups in total. The van der Waals surface area contributed by atoms with Crippen LogP contribution in [0.15, 0.2) is 176 Å². The molecule has 0 spiro atoms. The molecule has 0 saturated heterocycles. The average molecular weight is 649 g/mol. The normalized spacial score (nSPS) is 12.6. The zero-order valence-corrected chi connectivity index (χ0v) is 27.6. The van der Waals surface area contributed by atoms with Gasteiger partial charge in [0.1, 0.15) is 23.0 Å². The topological polar surface area (TPSA) is 18.5 Å². The minimum Gasteiger partial charge on any atom is -0.458 e. The number of benzene rings is 9. The van der Waals surface area contributed by atoms with Gasteiger partial charge in [-0.2, -0.15) is 0 Å². The summed E-state index contributed by atoms with van der Waals surface area (Å²) in [4.78, 5) is 0. The van der Waals surface area contributed by atoms with E-state index in [0.717, 1.165) is 50.5 Å². The Morgan fingerprint density at radius 1 is 0.353 bits per heavy atom. The second-order valence-electron chi connectivity index (χ2n) is 13.5. The Morgan fingerprint density at radius 2 is 0.902 bits per heavy atom. The van der Waals surface area contributed by atoms with Crippen LogP contribution in [0.25, 0.3) is 65.7 Å². The van der Waals surface area contributed by atoms with Crippen molar-refractivity contribution in [3.8, 4) is 56.4 Å². The zero-order chi connectivity index (χ0) is 33.5. The van der Waals surface area contributed by atoms with Gasteiger partial charge in [-0.15, -0.1) is 0 Å². The lowest BCUT2D eigenvalue weighted by molar-refractivity contribution is 0.465. The van der Waals surface area contributed by atoms with Gasteiger partial charge >= 0.3 is 0 Å². The van der Waals surface area contributed by atoms with Crippen LogP contribution in [0.1, 0.15) is 0 Å². The maximum absolute atomic E-state index is 6.92. The van der Waals surface area contributed by atoms with Gasteiger partial charge in [-0.1, -0.05) is 146 Å². The fourth-order valence-electron chi connectivity index (χ4n) is 8.61. The first-order chi connectivity index (χ1) is 25.3. The molecule has 9 aromatic rings. The van der Waals surface area contributed by atoms with Crippen LogP contribution in [0.3, 0.4) is 0 Å². The van der Waals surface area contributed by atoms with E-state index in [1.54, 1.807) is 0 Å². The number of ether oxygens (including phenoxy) is 2. The fraction of sp³-hybridized carbons (Fsp3) is 0. The van der Waals surface area contributed by atoms with E-state index in [1.165, 1.54) is 54.6 Å². The second-order valence-corrected chi connectivity index (χ2v) is 13.5. The third-order valence-corrected chi connectivity index (χ3v) is 10.8. The molecule has 0 amide bonds. The number of hydrogen-bond donors (Lipinski definition) is 0. The maximum atomic E-state index is 6.92. The van der Waals surface area contributed by atoms with Crippen molar-refractivity contribution < 1.29 is 9.47 Å². The molecule has 236 valence electrons. The maximum Gasteiger partial charge on any atom is 0.260 e. The minimum atomic E-state index is 0.0138. The lowest BCUT2D eigenvalue weighted by Gasteiger charge is -2.34. The molecule has 2 aliphatic heterocycles. The molecule has 11 rings (SSSR count). The quantitative estimate of drug-likeness (QED) is 0.140. The van der Waals surface area contributed by atoms with Crippen LogP contribution in [0, 0.1) is 0 Å². The Hall–Kier alpha value is -6.58. The lowest BCUT2D eigenvalue weighted by Crippen LogP contribution is -2.57. The molecule has 0 saturated carbocycles. The molecule has 2 aliphatic rings. The van der Waals surface area contributed by atoms with Crippen LogP contribution in [0.2, 0.25) is 0 Å². The average Bonchev–Trinajstić information content (AvgIpc) is 3.19. The van der Waals surface area contributed by atoms with Crippen molar-refractivity contribution in [3.63, 3.8) is 0 Å². The van der Waals surface area contributed by atoms with Crippen LogP contribution in [0.4, 0.5) is 0 Å². The summed E-state index contributed by atoms with van der Waals surface area (Å²) in [5, 5.41) is 7.40. The Bertz CT molecular complexity index is 2820. The number of para-hydroxylation sites is 2. The van der Waals surface area contributed by atoms with Gasteiger partial charge < -0.3 is 9.47 Å². The molecule has 0 radical (unpaired) electrons. The first-order valence-corrected chi connectivity index (χ1v) is 17.5. The highest BCUT2D eigenvalue weighted by Gasteiger charge is 2.41. The van der Waals surface area contributed by atoms with Crippen molar-refractivity contribution >= 4 is 55.4 Å². The van der Waals surface area contributed by atoms with Gasteiger partial charge in [0.05, 0.1) is 0 Å². The van der Waals surface area contributed by atoms with E-state index in [1.807, 2.05) is 6.07 Å². The summed E-state index contributed by atoms with van der Waals surface area (Å²) in [7, 11) is 0. The summed E-state index contributed by atoms with van der Waals surface area (Å²) in [6.07, 6.45) is 0. The van der Waals surface area contributed by atoms with E-state index in [-0.39, 0.29) is 6.71 Å². The lowest BCUT2D eigenvalue weighted by atomic mass is 9.34. The van der Waals surface area contributed by atoms with E-state index < -0.39 is 0 Å². The highest BCUT2D eigenvalue weighted by Crippen LogP contribution is 2.48. The molecule has 9 aromatic carbocycles. The van der Waals surface area contributed by atoms with Crippen LogP contribution in [-0.4, -0.2) is 6.71 Å². The van der Waals surface area contributed by atoms with E-state index in [9.17, 15) is 0 Å². The molecule has 51 heavy (non-hydrogen) atoms. The molecule has 0 fully saturated rings. The Labute approximate surface area is 296 Å². The summed E-state index contributed by atoms with van der Waals surface area (Å²) in [5.41, 5.74) is 10.5. The molecule has 2 nitrogen and oxygen atoms in total. The van der Waals surface area contributed by atoms with Gasteiger partial charge in [-0.05, 0) is 101 Å². The minimum absolute atomic E-state index is 0.0138. The van der Waals surface area contributed by atoms with Crippen molar-refractivity contribution in [2.24, 2.45) is 0 Å². The Balaban J connectivity index is 1.18. The van der Waals surface area contributed by atoms with Gasteiger partial charge in [0.15, 0.2) is 0 Å². The molecule has 0 bridgehead atoms. The van der Waals surface area contributed by atoms with Gasteiger partial charge in [0.2, 0.25) is 0 Å². The van der Waals surface area contributed by atoms with Crippen molar-refractivity contribution in [2.75, 3.05) is 0 Å². The van der Waals surface area contributed by atoms with Crippen molar-refractivity contribution in [3.05, 3.63) is 176 Å². The van der Waals surface area contributed by atoms with Crippen LogP contribution >= 0.6 is 0 Å². The first kappa shape index (κ1) is 28.3. The molecule has 0 aliphatic carbocycles. The zero-order valence-electron chi connectivity index (χ0n) is 27.6. The predicted octanol–water partition coefficient (Wildman–Crippen LogP) is 10.9. The van der Waals surface area contributed by atoms with E-state index in [4.69, 9.17) is 9.47 Å². The fourth-order valence-corrected chi connectivity index (χ4v) is 8.61. The van der Waals surface area contributed by atoms with Crippen LogP contribution in [0.5, 0.6) is 23.0 Å². The summed E-state index contributed by atoms with van der Waals surface area (Å²) in [5.74, 6) is 3.49. The molecule has 0 unspecified atom stereocenters. The van der Waals surface area contributed by atoms with Gasteiger partial charge in [0.25, 0.3) is 6.71 Å². The SMILES string of the molecule is c1ccc2c(c1)Oc1ccc(-c3ccccc3-c3c4ccccc4c(-c4ccc5ccccc5c4)c4ccccc34)c3c1B2c1ccccc1O3. The first-order valence-electron chi connectivity index (χ1n) is 17.5. The Kier molecular flexibility index (Phi) is 6.08. The smallest absolute Gasteiger partial charge is 0.260 e. The largest absolute Gasteiger partial charge is 0.458 e. The molecule has 0 aromatic heterocycles. The number of rotatable bonds is 3. The van der Waals surface area contributed by atoms with Crippen molar-refractivity contribution in [1.29, 1.82) is 0 Å². The van der Waals surface area contributed by atoms with Crippen LogP contribution in [-0.2, 0) is 0 Å². The molecule has 0 atom stereocenters. The highest BCUT2D eigenvalue weighted by atomic mass is 16.5. The predicted molar refractivity (Wildman–Crippen MR) is 213 cm³/mol. The third-order valence-electron chi connectivity index (χ3n) is 10.8. The van der Waals surface area contributed by atoms with Crippen molar-refractivity contribution in [1.82, 2.24) is 0 Å². The van der Waals surface area contributed by atoms with E-state index in [0.29, 0.717) is 0 Å². The molecule has 2 heterocycles. The summed E-state index contributed by atoms with van der Waals surface area (Å²) in [6, 6.07) is 63.1. The standard InChI is InChI=1S/C48H29BO2/c1-2-14-31-29-32(26-25-30(31)13-1)45-35-17-5-7-19-37(35)46(38-20-8-6-18-36(38)45)34-16-4-3-15-33(34)39-27-28-44-47-48(39)51-43-24-12-10-22-41(43)49(47)40-21-9-11-23-42(40)50-44/h1-29H. The summed E-state index contributed by atoms with van der Waals surface area (Å²) < 4.78 is 13.5. The van der Waals surface area contributed by atoms with Gasteiger partial charge in [0, 0.05) is 11.0 Å². The summed E-state index contributed by atoms with van der Waals surface area (Å²) >= 11 is 0. The monoisotopic (exact) mass is 648 g/mol. The third kappa shape index (κ3) is 4.19. The Morgan fingerprint density at radius 3 is 1.61 bits per heavy atom. The highest BCUT2D eigenvalue weighted by molar-refractivity contribution is 6.98. The molecular weight excluding hydrogens is 619 g/mol. The number of hydrogen-bond acceptors (Lipinski definition) is 2. The van der Waals surface area contributed by atoms with Gasteiger partial charge in [-0.3, -0.25) is 0 Å². The van der Waals surface area contributed by atoms with E-state index >= 15 is 0 Å². The number of fused-ring (bicyclic) bond motifs is 7.